The Balaban J connectivity index is 1.66. The fraction of sp³-hybridized carbons (Fsp3) is 0.611. The predicted octanol–water partition coefficient (Wildman–Crippen LogP) is 3.84. The van der Waals surface area contributed by atoms with Crippen LogP contribution in [0.4, 0.5) is 0 Å². The molecule has 0 aromatic heterocycles. The number of nitrogens with zero attached hydrogens (tertiary/aromatic N) is 1. The molecule has 2 aliphatic rings. The van der Waals surface area contributed by atoms with Gasteiger partial charge in [-0.05, 0) is 74.9 Å². The standard InChI is InChI=1S/C18H26N2OS/c1-3-20(12(2)14-5-4-6-16(21)11-14)18(22)19-17-10-13-7-8-15(17)9-13/h4-6,11-13,15,17,21H,3,7-10H2,1-2H3,(H,19,22)/t12-,13+,15+,17-/m1/s1. The lowest BCUT2D eigenvalue weighted by atomic mass is 9.95. The van der Waals surface area contributed by atoms with E-state index in [9.17, 15) is 5.11 Å². The van der Waals surface area contributed by atoms with Crippen LogP contribution in [0.1, 0.15) is 51.1 Å². The second kappa shape index (κ2) is 6.45. The third-order valence-corrected chi connectivity index (χ3v) is 5.82. The van der Waals surface area contributed by atoms with Crippen LogP contribution in [0.25, 0.3) is 0 Å². The molecule has 3 nitrogen and oxygen atoms in total. The molecule has 3 rings (SSSR count). The smallest absolute Gasteiger partial charge is 0.169 e. The maximum atomic E-state index is 9.69. The second-order valence-electron chi connectivity index (χ2n) is 6.79. The van der Waals surface area contributed by atoms with E-state index in [0.29, 0.717) is 11.8 Å². The van der Waals surface area contributed by atoms with Crippen LogP contribution in [0.5, 0.6) is 5.75 Å². The molecular formula is C18H26N2OS. The van der Waals surface area contributed by atoms with Gasteiger partial charge in [-0.1, -0.05) is 18.6 Å². The molecule has 0 saturated heterocycles. The van der Waals surface area contributed by atoms with Gasteiger partial charge in [-0.15, -0.1) is 0 Å². The van der Waals surface area contributed by atoms with Gasteiger partial charge >= 0.3 is 0 Å². The normalized spacial score (nSPS) is 27.6. The van der Waals surface area contributed by atoms with E-state index in [-0.39, 0.29) is 6.04 Å². The lowest BCUT2D eigenvalue weighted by molar-refractivity contribution is 0.323. The molecule has 22 heavy (non-hydrogen) atoms. The summed E-state index contributed by atoms with van der Waals surface area (Å²) in [5, 5.41) is 14.2. The minimum absolute atomic E-state index is 0.163. The van der Waals surface area contributed by atoms with Gasteiger partial charge in [0.05, 0.1) is 6.04 Å². The highest BCUT2D eigenvalue weighted by atomic mass is 32.1. The van der Waals surface area contributed by atoms with Gasteiger partial charge in [0.25, 0.3) is 0 Å². The molecule has 2 aliphatic carbocycles. The molecule has 2 bridgehead atoms. The van der Waals surface area contributed by atoms with E-state index in [1.54, 1.807) is 6.07 Å². The van der Waals surface area contributed by atoms with Crippen molar-refractivity contribution in [3.63, 3.8) is 0 Å². The van der Waals surface area contributed by atoms with Crippen LogP contribution in [0.15, 0.2) is 24.3 Å². The number of hydrogen-bond acceptors (Lipinski definition) is 2. The third-order valence-electron chi connectivity index (χ3n) is 5.47. The van der Waals surface area contributed by atoms with Crippen molar-refractivity contribution < 1.29 is 5.11 Å². The molecule has 4 heteroatoms. The van der Waals surface area contributed by atoms with Crippen molar-refractivity contribution in [2.45, 2.75) is 51.6 Å². The van der Waals surface area contributed by atoms with Crippen molar-refractivity contribution in [2.75, 3.05) is 6.54 Å². The number of rotatable bonds is 4. The molecular weight excluding hydrogens is 292 g/mol. The quantitative estimate of drug-likeness (QED) is 0.827. The highest BCUT2D eigenvalue weighted by molar-refractivity contribution is 7.80. The van der Waals surface area contributed by atoms with Crippen LogP contribution in [0.2, 0.25) is 0 Å². The molecule has 0 radical (unpaired) electrons. The minimum Gasteiger partial charge on any atom is -0.508 e. The van der Waals surface area contributed by atoms with Crippen molar-refractivity contribution in [2.24, 2.45) is 11.8 Å². The predicted molar refractivity (Wildman–Crippen MR) is 93.9 cm³/mol. The topological polar surface area (TPSA) is 35.5 Å². The zero-order valence-corrected chi connectivity index (χ0v) is 14.3. The van der Waals surface area contributed by atoms with Gasteiger partial charge in [0.15, 0.2) is 5.11 Å². The van der Waals surface area contributed by atoms with E-state index in [4.69, 9.17) is 12.2 Å². The number of phenolic OH excluding ortho intramolecular Hbond substituents is 1. The van der Waals surface area contributed by atoms with E-state index in [1.165, 1.54) is 25.7 Å². The average Bonchev–Trinajstić information content (AvgIpc) is 3.10. The van der Waals surface area contributed by atoms with Gasteiger partial charge in [0, 0.05) is 12.6 Å². The van der Waals surface area contributed by atoms with Gasteiger partial charge < -0.3 is 15.3 Å². The number of benzene rings is 1. The molecule has 0 spiro atoms. The Hall–Kier alpha value is -1.29. The van der Waals surface area contributed by atoms with Gasteiger partial charge in [-0.2, -0.15) is 0 Å². The Labute approximate surface area is 138 Å². The highest BCUT2D eigenvalue weighted by Gasteiger charge is 2.40. The maximum absolute atomic E-state index is 9.69. The molecule has 2 saturated carbocycles. The largest absolute Gasteiger partial charge is 0.508 e. The van der Waals surface area contributed by atoms with Crippen molar-refractivity contribution in [1.82, 2.24) is 10.2 Å². The number of phenols is 1. The van der Waals surface area contributed by atoms with Gasteiger partial charge in [0.2, 0.25) is 0 Å². The minimum atomic E-state index is 0.163. The van der Waals surface area contributed by atoms with Gasteiger partial charge in [0.1, 0.15) is 5.75 Å². The van der Waals surface area contributed by atoms with E-state index in [2.05, 4.69) is 24.1 Å². The zero-order valence-electron chi connectivity index (χ0n) is 13.5. The van der Waals surface area contributed by atoms with Crippen LogP contribution in [0.3, 0.4) is 0 Å². The van der Waals surface area contributed by atoms with E-state index >= 15 is 0 Å². The van der Waals surface area contributed by atoms with E-state index in [1.807, 2.05) is 18.2 Å². The van der Waals surface area contributed by atoms with Crippen molar-refractivity contribution in [3.05, 3.63) is 29.8 Å². The van der Waals surface area contributed by atoms with Crippen LogP contribution >= 0.6 is 12.2 Å². The van der Waals surface area contributed by atoms with Gasteiger partial charge in [-0.3, -0.25) is 0 Å². The summed E-state index contributed by atoms with van der Waals surface area (Å²) in [4.78, 5) is 2.22. The van der Waals surface area contributed by atoms with E-state index in [0.717, 1.165) is 29.1 Å². The molecule has 0 aliphatic heterocycles. The summed E-state index contributed by atoms with van der Waals surface area (Å²) < 4.78 is 0. The van der Waals surface area contributed by atoms with Crippen molar-refractivity contribution in [1.29, 1.82) is 0 Å². The van der Waals surface area contributed by atoms with E-state index < -0.39 is 0 Å². The molecule has 0 unspecified atom stereocenters. The van der Waals surface area contributed by atoms with Crippen molar-refractivity contribution in [3.8, 4) is 5.75 Å². The summed E-state index contributed by atoms with van der Waals surface area (Å²) >= 11 is 5.69. The molecule has 120 valence electrons. The Morgan fingerprint density at radius 1 is 1.41 bits per heavy atom. The Morgan fingerprint density at radius 3 is 2.82 bits per heavy atom. The molecule has 1 aromatic carbocycles. The summed E-state index contributed by atoms with van der Waals surface area (Å²) in [6.07, 6.45) is 5.43. The first-order chi connectivity index (χ1) is 10.6. The Morgan fingerprint density at radius 2 is 2.23 bits per heavy atom. The maximum Gasteiger partial charge on any atom is 0.169 e. The van der Waals surface area contributed by atoms with Crippen LogP contribution in [0, 0.1) is 11.8 Å². The number of thiocarbonyl (C=S) groups is 1. The number of nitrogens with one attached hydrogen (secondary N) is 1. The molecule has 1 aromatic rings. The second-order valence-corrected chi connectivity index (χ2v) is 7.17. The first kappa shape index (κ1) is 15.6. The molecule has 2 N–H and O–H groups in total. The summed E-state index contributed by atoms with van der Waals surface area (Å²) in [7, 11) is 0. The Kier molecular flexibility index (Phi) is 4.57. The molecule has 0 heterocycles. The Bertz CT molecular complexity index is 548. The zero-order chi connectivity index (χ0) is 15.7. The number of hydrogen-bond donors (Lipinski definition) is 2. The monoisotopic (exact) mass is 318 g/mol. The number of fused-ring (bicyclic) bond motifs is 2. The lowest BCUT2D eigenvalue weighted by Gasteiger charge is -2.34. The summed E-state index contributed by atoms with van der Waals surface area (Å²) in [6.45, 7) is 5.14. The number of aromatic hydroxyl groups is 1. The highest BCUT2D eigenvalue weighted by Crippen LogP contribution is 2.44. The lowest BCUT2D eigenvalue weighted by Crippen LogP contribution is -2.47. The summed E-state index contributed by atoms with van der Waals surface area (Å²) in [6, 6.07) is 8.20. The summed E-state index contributed by atoms with van der Waals surface area (Å²) in [5.41, 5.74) is 1.10. The average molecular weight is 318 g/mol. The molecule has 0 amide bonds. The van der Waals surface area contributed by atoms with Crippen LogP contribution in [-0.4, -0.2) is 27.7 Å². The first-order valence-corrected chi connectivity index (χ1v) is 8.85. The SMILES string of the molecule is CCN(C(=S)N[C@@H]1C[C@H]2CC[C@H]1C2)[C@H](C)c1cccc(O)c1. The van der Waals surface area contributed by atoms with Crippen LogP contribution < -0.4 is 5.32 Å². The first-order valence-electron chi connectivity index (χ1n) is 8.44. The third kappa shape index (κ3) is 3.07. The fourth-order valence-electron chi connectivity index (χ4n) is 4.22. The molecule has 4 atom stereocenters. The molecule has 2 fully saturated rings. The fourth-order valence-corrected chi connectivity index (χ4v) is 4.66. The van der Waals surface area contributed by atoms with Crippen molar-refractivity contribution >= 4 is 17.3 Å². The van der Waals surface area contributed by atoms with Gasteiger partial charge in [-0.25, -0.2) is 0 Å². The van der Waals surface area contributed by atoms with Crippen LogP contribution in [-0.2, 0) is 0 Å². The summed E-state index contributed by atoms with van der Waals surface area (Å²) in [5.74, 6) is 2.05.